The Kier molecular flexibility index (Phi) is 3.62. The lowest BCUT2D eigenvalue weighted by atomic mass is 9.45. The van der Waals surface area contributed by atoms with Crippen molar-refractivity contribution in [1.29, 1.82) is 0 Å². The molecule has 0 amide bonds. The van der Waals surface area contributed by atoms with Crippen LogP contribution in [0.1, 0.15) is 79.6 Å². The van der Waals surface area contributed by atoms with Gasteiger partial charge in [-0.05, 0) is 66.3 Å². The first-order chi connectivity index (χ1) is 9.77. The van der Waals surface area contributed by atoms with E-state index in [1.54, 1.807) is 5.57 Å². The van der Waals surface area contributed by atoms with E-state index in [0.717, 1.165) is 18.8 Å². The van der Waals surface area contributed by atoms with E-state index in [1.807, 2.05) is 0 Å². The summed E-state index contributed by atoms with van der Waals surface area (Å²) in [6, 6.07) is 0. The van der Waals surface area contributed by atoms with Crippen LogP contribution in [0, 0.1) is 28.6 Å². The molecular formula is C20H32O. The summed E-state index contributed by atoms with van der Waals surface area (Å²) < 4.78 is 0. The van der Waals surface area contributed by atoms with Gasteiger partial charge in [0.15, 0.2) is 5.78 Å². The third-order valence-electron chi connectivity index (χ3n) is 7.08. The van der Waals surface area contributed by atoms with Gasteiger partial charge in [-0.25, -0.2) is 0 Å². The fourth-order valence-electron chi connectivity index (χ4n) is 6.28. The Morgan fingerprint density at radius 1 is 1.05 bits per heavy atom. The number of hydrogen-bond acceptors (Lipinski definition) is 1. The average molecular weight is 288 g/mol. The van der Waals surface area contributed by atoms with Gasteiger partial charge in [-0.3, -0.25) is 4.79 Å². The lowest BCUT2D eigenvalue weighted by Gasteiger charge is -2.59. The highest BCUT2D eigenvalue weighted by molar-refractivity contribution is 5.97. The number of fused-ring (bicyclic) bond motifs is 3. The zero-order chi connectivity index (χ0) is 15.4. The van der Waals surface area contributed by atoms with Crippen LogP contribution in [0.3, 0.4) is 0 Å². The van der Waals surface area contributed by atoms with E-state index < -0.39 is 0 Å². The van der Waals surface area contributed by atoms with Crippen LogP contribution in [-0.2, 0) is 4.79 Å². The topological polar surface area (TPSA) is 17.1 Å². The number of allylic oxidation sites excluding steroid dienone is 2. The molecule has 0 heterocycles. The number of hydrogen-bond donors (Lipinski definition) is 0. The molecule has 0 aromatic rings. The first-order valence-corrected chi connectivity index (χ1v) is 9.03. The SMILES string of the molecule is CC(C)C1=C2CCC3C(C)(C)CCCC3(C)C2CCC1=O. The minimum absolute atomic E-state index is 0.409. The van der Waals surface area contributed by atoms with Crippen molar-refractivity contribution in [2.24, 2.45) is 28.6 Å². The van der Waals surface area contributed by atoms with E-state index in [9.17, 15) is 4.79 Å². The molecule has 0 radical (unpaired) electrons. The number of carbonyl (C=O) groups excluding carboxylic acids is 1. The van der Waals surface area contributed by atoms with Crippen molar-refractivity contribution >= 4 is 5.78 Å². The van der Waals surface area contributed by atoms with Crippen molar-refractivity contribution < 1.29 is 4.79 Å². The number of carbonyl (C=O) groups is 1. The van der Waals surface area contributed by atoms with Crippen LogP contribution in [0.2, 0.25) is 0 Å². The Morgan fingerprint density at radius 2 is 1.76 bits per heavy atom. The van der Waals surface area contributed by atoms with Gasteiger partial charge in [-0.15, -0.1) is 0 Å². The van der Waals surface area contributed by atoms with Crippen molar-refractivity contribution in [1.82, 2.24) is 0 Å². The zero-order valence-electron chi connectivity index (χ0n) is 14.6. The first-order valence-electron chi connectivity index (χ1n) is 9.03. The van der Waals surface area contributed by atoms with Gasteiger partial charge in [-0.2, -0.15) is 0 Å². The molecule has 0 aromatic heterocycles. The molecule has 118 valence electrons. The van der Waals surface area contributed by atoms with Crippen molar-refractivity contribution in [2.45, 2.75) is 79.6 Å². The molecule has 3 aliphatic rings. The second-order valence-corrected chi connectivity index (χ2v) is 9.05. The minimum atomic E-state index is 0.409. The van der Waals surface area contributed by atoms with E-state index >= 15 is 0 Å². The zero-order valence-corrected chi connectivity index (χ0v) is 14.6. The van der Waals surface area contributed by atoms with E-state index in [1.165, 1.54) is 37.7 Å². The molecule has 2 saturated carbocycles. The summed E-state index contributed by atoms with van der Waals surface area (Å²) in [4.78, 5) is 12.4. The van der Waals surface area contributed by atoms with E-state index in [2.05, 4.69) is 34.6 Å². The highest BCUT2D eigenvalue weighted by atomic mass is 16.1. The third-order valence-corrected chi connectivity index (χ3v) is 7.08. The fraction of sp³-hybridized carbons (Fsp3) is 0.850. The summed E-state index contributed by atoms with van der Waals surface area (Å²) in [6.45, 7) is 11.9. The Balaban J connectivity index is 2.05. The van der Waals surface area contributed by atoms with Crippen LogP contribution >= 0.6 is 0 Å². The molecule has 21 heavy (non-hydrogen) atoms. The van der Waals surface area contributed by atoms with Crippen molar-refractivity contribution in [2.75, 3.05) is 0 Å². The molecule has 1 nitrogen and oxygen atoms in total. The summed E-state index contributed by atoms with van der Waals surface area (Å²) in [7, 11) is 0. The predicted octanol–water partition coefficient (Wildman–Crippen LogP) is 5.54. The molecule has 0 N–H and O–H groups in total. The molecule has 0 saturated heterocycles. The maximum Gasteiger partial charge on any atom is 0.159 e. The molecule has 1 heteroatoms. The van der Waals surface area contributed by atoms with Crippen LogP contribution in [0.4, 0.5) is 0 Å². The Morgan fingerprint density at radius 3 is 2.43 bits per heavy atom. The average Bonchev–Trinajstić information content (AvgIpc) is 2.36. The lowest BCUT2D eigenvalue weighted by molar-refractivity contribution is -0.118. The fourth-order valence-corrected chi connectivity index (χ4v) is 6.28. The maximum atomic E-state index is 12.4. The minimum Gasteiger partial charge on any atom is -0.295 e. The van der Waals surface area contributed by atoms with E-state index in [0.29, 0.717) is 28.4 Å². The quantitative estimate of drug-likeness (QED) is 0.618. The van der Waals surface area contributed by atoms with E-state index in [-0.39, 0.29) is 0 Å². The Labute approximate surface area is 130 Å². The van der Waals surface area contributed by atoms with Gasteiger partial charge in [0.1, 0.15) is 0 Å². The monoisotopic (exact) mass is 288 g/mol. The Hall–Kier alpha value is -0.590. The smallest absolute Gasteiger partial charge is 0.159 e. The second kappa shape index (κ2) is 4.96. The Bertz CT molecular complexity index is 482. The standard InChI is InChI=1S/C20H32O/c1-13(2)18-14-7-10-17-19(3,4)11-6-12-20(17,5)15(14)8-9-16(18)21/h13,15,17H,6-12H2,1-5H3. The van der Waals surface area contributed by atoms with Gasteiger partial charge in [0, 0.05) is 6.42 Å². The second-order valence-electron chi connectivity index (χ2n) is 9.05. The first kappa shape index (κ1) is 15.3. The van der Waals surface area contributed by atoms with Gasteiger partial charge in [-0.1, -0.05) is 46.6 Å². The normalized spacial score (nSPS) is 39.2. The van der Waals surface area contributed by atoms with Gasteiger partial charge in [0.05, 0.1) is 0 Å². The van der Waals surface area contributed by atoms with Crippen molar-refractivity contribution in [3.8, 4) is 0 Å². The predicted molar refractivity (Wildman–Crippen MR) is 88.1 cm³/mol. The van der Waals surface area contributed by atoms with Crippen LogP contribution in [0.15, 0.2) is 11.1 Å². The molecule has 3 atom stereocenters. The summed E-state index contributed by atoms with van der Waals surface area (Å²) in [5.74, 6) is 2.39. The molecule has 3 unspecified atom stereocenters. The molecule has 0 bridgehead atoms. The van der Waals surface area contributed by atoms with Crippen molar-refractivity contribution in [3.05, 3.63) is 11.1 Å². The summed E-state index contributed by atoms with van der Waals surface area (Å²) >= 11 is 0. The number of Topliss-reactive ketones (excluding diaryl/α,β-unsaturated/α-hetero) is 1. The molecule has 0 spiro atoms. The molecule has 0 aliphatic heterocycles. The van der Waals surface area contributed by atoms with Crippen LogP contribution in [-0.4, -0.2) is 5.78 Å². The van der Waals surface area contributed by atoms with Crippen molar-refractivity contribution in [3.63, 3.8) is 0 Å². The molecule has 0 aromatic carbocycles. The highest BCUT2D eigenvalue weighted by Gasteiger charge is 2.54. The highest BCUT2D eigenvalue weighted by Crippen LogP contribution is 2.63. The number of ketones is 1. The number of rotatable bonds is 1. The molecule has 2 fully saturated rings. The summed E-state index contributed by atoms with van der Waals surface area (Å²) in [5, 5.41) is 0. The van der Waals surface area contributed by atoms with Crippen LogP contribution < -0.4 is 0 Å². The molecule has 3 aliphatic carbocycles. The largest absolute Gasteiger partial charge is 0.295 e. The summed E-state index contributed by atoms with van der Waals surface area (Å²) in [6.07, 6.45) is 8.53. The lowest BCUT2D eigenvalue weighted by Crippen LogP contribution is -2.51. The van der Waals surface area contributed by atoms with Crippen LogP contribution in [0.25, 0.3) is 0 Å². The van der Waals surface area contributed by atoms with Gasteiger partial charge < -0.3 is 0 Å². The molecular weight excluding hydrogens is 256 g/mol. The van der Waals surface area contributed by atoms with E-state index in [4.69, 9.17) is 0 Å². The van der Waals surface area contributed by atoms with Gasteiger partial charge in [0.2, 0.25) is 0 Å². The van der Waals surface area contributed by atoms with Gasteiger partial charge >= 0.3 is 0 Å². The van der Waals surface area contributed by atoms with Gasteiger partial charge in [0.25, 0.3) is 0 Å². The van der Waals surface area contributed by atoms with Crippen LogP contribution in [0.5, 0.6) is 0 Å². The maximum absolute atomic E-state index is 12.4. The summed E-state index contributed by atoms with van der Waals surface area (Å²) in [5.41, 5.74) is 3.71. The third kappa shape index (κ3) is 2.23. The molecule has 3 rings (SSSR count).